The number of fused-ring (bicyclic) bond motifs is 5. The van der Waals surface area contributed by atoms with Crippen LogP contribution in [0.2, 0.25) is 10.0 Å². The van der Waals surface area contributed by atoms with E-state index in [0.29, 0.717) is 15.6 Å². The van der Waals surface area contributed by atoms with E-state index in [-0.39, 0.29) is 29.7 Å². The van der Waals surface area contributed by atoms with Crippen LogP contribution in [0.4, 0.5) is 0 Å². The molecule has 1 saturated heterocycles. The van der Waals surface area contributed by atoms with Crippen molar-refractivity contribution in [2.24, 2.45) is 23.7 Å². The molecule has 5 atom stereocenters. The number of alkyl halides is 1. The molecule has 3 fully saturated rings. The van der Waals surface area contributed by atoms with Crippen molar-refractivity contribution in [1.29, 1.82) is 0 Å². The summed E-state index contributed by atoms with van der Waals surface area (Å²) in [7, 11) is 0. The molecule has 9 heteroatoms. The molecule has 3 aliphatic rings. The molecule has 3 amide bonds. The SMILES string of the molecule is O=C(c1ccc(Cl)cc1)[C@H](CCCl)N(C(=O)c1ccc(Cl)cc1)N1C(=O)[C@H]2[C@H]3CC[C@@H](C3)[C@@H]2C1=O. The lowest BCUT2D eigenvalue weighted by Crippen LogP contribution is -2.58. The molecule has 2 aromatic carbocycles. The highest BCUT2D eigenvalue weighted by atomic mass is 35.5. The Balaban J connectivity index is 1.58. The first-order valence-corrected chi connectivity index (χ1v) is 12.9. The smallest absolute Gasteiger partial charge is 0.273 e. The number of carbonyl (C=O) groups excluding carboxylic acids is 4. The Kier molecular flexibility index (Phi) is 6.64. The molecular formula is C26H23Cl3N2O4. The van der Waals surface area contributed by atoms with Crippen molar-refractivity contribution in [3.05, 3.63) is 69.7 Å². The molecule has 35 heavy (non-hydrogen) atoms. The maximum atomic E-state index is 13.9. The van der Waals surface area contributed by atoms with Crippen molar-refractivity contribution in [1.82, 2.24) is 10.0 Å². The molecule has 2 aliphatic carbocycles. The summed E-state index contributed by atoms with van der Waals surface area (Å²) in [5, 5.41) is 2.88. The summed E-state index contributed by atoms with van der Waals surface area (Å²) in [6.07, 6.45) is 2.72. The first-order valence-electron chi connectivity index (χ1n) is 11.6. The largest absolute Gasteiger partial charge is 0.292 e. The van der Waals surface area contributed by atoms with Gasteiger partial charge in [0.15, 0.2) is 5.78 Å². The summed E-state index contributed by atoms with van der Waals surface area (Å²) in [4.78, 5) is 54.8. The fraction of sp³-hybridized carbons (Fsp3) is 0.385. The van der Waals surface area contributed by atoms with Gasteiger partial charge < -0.3 is 0 Å². The number of Topliss-reactive ketones (excluding diaryl/α,β-unsaturated/α-hetero) is 1. The first-order chi connectivity index (χ1) is 16.8. The van der Waals surface area contributed by atoms with Gasteiger partial charge in [0.05, 0.1) is 11.8 Å². The number of halogens is 3. The van der Waals surface area contributed by atoms with Crippen LogP contribution in [0.3, 0.4) is 0 Å². The predicted octanol–water partition coefficient (Wildman–Crippen LogP) is 5.26. The summed E-state index contributed by atoms with van der Waals surface area (Å²) in [6.45, 7) is 0. The van der Waals surface area contributed by atoms with Gasteiger partial charge in [0.1, 0.15) is 6.04 Å². The van der Waals surface area contributed by atoms with Crippen LogP contribution in [0.25, 0.3) is 0 Å². The highest BCUT2D eigenvalue weighted by Crippen LogP contribution is 2.56. The van der Waals surface area contributed by atoms with Crippen LogP contribution < -0.4 is 0 Å². The Morgan fingerprint density at radius 3 is 1.83 bits per heavy atom. The summed E-state index contributed by atoms with van der Waals surface area (Å²) < 4.78 is 0. The van der Waals surface area contributed by atoms with Crippen molar-refractivity contribution < 1.29 is 19.2 Å². The molecular weight excluding hydrogens is 511 g/mol. The summed E-state index contributed by atoms with van der Waals surface area (Å²) in [5.41, 5.74) is 0.510. The van der Waals surface area contributed by atoms with Crippen molar-refractivity contribution in [2.45, 2.75) is 31.7 Å². The zero-order chi connectivity index (χ0) is 24.9. The number of benzene rings is 2. The van der Waals surface area contributed by atoms with Gasteiger partial charge in [0, 0.05) is 27.1 Å². The van der Waals surface area contributed by atoms with Crippen LogP contribution >= 0.6 is 34.8 Å². The fourth-order valence-corrected chi connectivity index (χ4v) is 6.43. The average molecular weight is 534 g/mol. The Morgan fingerprint density at radius 1 is 0.857 bits per heavy atom. The Labute approximate surface area is 218 Å². The van der Waals surface area contributed by atoms with E-state index in [1.807, 2.05) is 0 Å². The number of hydrazine groups is 1. The molecule has 0 aromatic heterocycles. The van der Waals surface area contributed by atoms with E-state index in [4.69, 9.17) is 34.8 Å². The fourth-order valence-electron chi connectivity index (χ4n) is 5.98. The average Bonchev–Trinajstić information content (AvgIpc) is 3.54. The zero-order valence-electron chi connectivity index (χ0n) is 18.7. The van der Waals surface area contributed by atoms with Gasteiger partial charge in [-0.05, 0) is 86.1 Å². The minimum Gasteiger partial charge on any atom is -0.292 e. The van der Waals surface area contributed by atoms with Crippen molar-refractivity contribution in [3.63, 3.8) is 0 Å². The van der Waals surface area contributed by atoms with Gasteiger partial charge in [0.2, 0.25) is 0 Å². The second-order valence-corrected chi connectivity index (χ2v) is 10.6. The van der Waals surface area contributed by atoms with E-state index in [2.05, 4.69) is 0 Å². The second-order valence-electron chi connectivity index (χ2n) is 9.39. The van der Waals surface area contributed by atoms with Gasteiger partial charge >= 0.3 is 0 Å². The molecule has 1 heterocycles. The first kappa shape index (κ1) is 24.3. The number of amides is 3. The molecule has 182 valence electrons. The van der Waals surface area contributed by atoms with Gasteiger partial charge in [-0.15, -0.1) is 11.6 Å². The van der Waals surface area contributed by atoms with Crippen molar-refractivity contribution in [3.8, 4) is 0 Å². The van der Waals surface area contributed by atoms with E-state index < -0.39 is 41.4 Å². The predicted molar refractivity (Wildman–Crippen MR) is 132 cm³/mol. The molecule has 6 nitrogen and oxygen atoms in total. The van der Waals surface area contributed by atoms with Crippen molar-refractivity contribution in [2.75, 3.05) is 5.88 Å². The maximum absolute atomic E-state index is 13.9. The number of nitrogens with zero attached hydrogens (tertiary/aromatic N) is 2. The second kappa shape index (κ2) is 9.57. The molecule has 0 N–H and O–H groups in total. The molecule has 2 aromatic rings. The van der Waals surface area contributed by atoms with Crippen LogP contribution in [0.5, 0.6) is 0 Å². The van der Waals surface area contributed by atoms with Crippen LogP contribution in [0.1, 0.15) is 46.4 Å². The standard InChI is InChI=1S/C26H23Cl3N2O4/c27-12-11-20(23(32)14-3-7-18(28)8-4-14)30(24(33)15-5-9-19(29)10-6-15)31-25(34)21-16-1-2-17(13-16)22(21)26(31)35/h3-10,16-17,20-22H,1-2,11-13H2/t16-,17-,20-,21-,22-/m0/s1. The number of rotatable bonds is 7. The van der Waals surface area contributed by atoms with Gasteiger partial charge in [0.25, 0.3) is 17.7 Å². The molecule has 0 unspecified atom stereocenters. The lowest BCUT2D eigenvalue weighted by molar-refractivity contribution is -0.157. The van der Waals surface area contributed by atoms with Crippen LogP contribution in [-0.4, -0.2) is 45.4 Å². The topological polar surface area (TPSA) is 74.8 Å². The molecule has 0 radical (unpaired) electrons. The van der Waals surface area contributed by atoms with Crippen molar-refractivity contribution >= 4 is 58.3 Å². The quantitative estimate of drug-likeness (QED) is 0.276. The van der Waals surface area contributed by atoms with Gasteiger partial charge in [-0.2, -0.15) is 5.01 Å². The highest BCUT2D eigenvalue weighted by Gasteiger charge is 2.63. The Bertz CT molecular complexity index is 1160. The third-order valence-corrected chi connectivity index (χ3v) is 8.25. The van der Waals surface area contributed by atoms with E-state index in [1.165, 1.54) is 12.1 Å². The van der Waals surface area contributed by atoms with E-state index in [0.717, 1.165) is 29.3 Å². The van der Waals surface area contributed by atoms with Gasteiger partial charge in [-0.1, -0.05) is 23.2 Å². The number of hydrogen-bond donors (Lipinski definition) is 0. The summed E-state index contributed by atoms with van der Waals surface area (Å²) in [5.74, 6) is -2.43. The van der Waals surface area contributed by atoms with Crippen LogP contribution in [0, 0.1) is 23.7 Å². The minimum absolute atomic E-state index is 0.0444. The van der Waals surface area contributed by atoms with E-state index in [9.17, 15) is 19.2 Å². The minimum atomic E-state index is -1.15. The molecule has 1 aliphatic heterocycles. The van der Waals surface area contributed by atoms with Crippen LogP contribution in [0.15, 0.2) is 48.5 Å². The molecule has 2 saturated carbocycles. The molecule has 0 spiro atoms. The number of hydrogen-bond acceptors (Lipinski definition) is 4. The zero-order valence-corrected chi connectivity index (χ0v) is 21.0. The van der Waals surface area contributed by atoms with E-state index in [1.54, 1.807) is 36.4 Å². The molecule has 2 bridgehead atoms. The van der Waals surface area contributed by atoms with E-state index >= 15 is 0 Å². The Hall–Kier alpha value is -2.41. The normalized spacial score (nSPS) is 25.6. The third kappa shape index (κ3) is 4.15. The lowest BCUT2D eigenvalue weighted by atomic mass is 9.81. The highest BCUT2D eigenvalue weighted by molar-refractivity contribution is 6.31. The van der Waals surface area contributed by atoms with Crippen LogP contribution in [-0.2, 0) is 9.59 Å². The lowest BCUT2D eigenvalue weighted by Gasteiger charge is -2.36. The molecule has 5 rings (SSSR count). The summed E-state index contributed by atoms with van der Waals surface area (Å²) in [6, 6.07) is 11.2. The maximum Gasteiger partial charge on any atom is 0.273 e. The number of carbonyl (C=O) groups is 4. The summed E-state index contributed by atoms with van der Waals surface area (Å²) >= 11 is 18.1. The van der Waals surface area contributed by atoms with Gasteiger partial charge in [-0.25, -0.2) is 5.01 Å². The Morgan fingerprint density at radius 2 is 1.34 bits per heavy atom. The third-order valence-electron chi connectivity index (χ3n) is 7.53. The number of ketones is 1. The van der Waals surface area contributed by atoms with Gasteiger partial charge in [-0.3, -0.25) is 19.2 Å². The monoisotopic (exact) mass is 532 g/mol. The number of imide groups is 1.